The van der Waals surface area contributed by atoms with E-state index in [-0.39, 0.29) is 11.3 Å². The second-order valence-electron chi connectivity index (χ2n) is 3.37. The molecule has 1 aromatic carbocycles. The lowest BCUT2D eigenvalue weighted by Crippen LogP contribution is -2.36. The van der Waals surface area contributed by atoms with E-state index >= 15 is 0 Å². The molecule has 0 bridgehead atoms. The van der Waals surface area contributed by atoms with E-state index in [4.69, 9.17) is 17.3 Å². The van der Waals surface area contributed by atoms with Gasteiger partial charge in [0.2, 0.25) is 5.78 Å². The molecule has 0 saturated carbocycles. The van der Waals surface area contributed by atoms with Crippen molar-refractivity contribution < 1.29 is 13.2 Å². The number of hydrogen-bond donors (Lipinski definition) is 1. The third-order valence-corrected chi connectivity index (χ3v) is 6.63. The van der Waals surface area contributed by atoms with Crippen molar-refractivity contribution in [2.24, 2.45) is 0 Å². The van der Waals surface area contributed by atoms with Crippen LogP contribution in [0.1, 0.15) is 17.3 Å². The van der Waals surface area contributed by atoms with Crippen LogP contribution >= 0.6 is 27.5 Å². The Bertz CT molecular complexity index is 542. The zero-order chi connectivity index (χ0) is 13.3. The third kappa shape index (κ3) is 2.81. The highest BCUT2D eigenvalue weighted by Gasteiger charge is 2.45. The minimum absolute atomic E-state index is 0.147. The monoisotopic (exact) mass is 339 g/mol. The molecular weight excluding hydrogens is 330 g/mol. The Morgan fingerprint density at radius 3 is 2.59 bits per heavy atom. The lowest BCUT2D eigenvalue weighted by Gasteiger charge is -2.18. The Morgan fingerprint density at radius 1 is 1.53 bits per heavy atom. The summed E-state index contributed by atoms with van der Waals surface area (Å²) in [5.74, 6) is -0.983. The molecule has 0 heterocycles. The van der Waals surface area contributed by atoms with Crippen molar-refractivity contribution in [2.75, 3.05) is 11.5 Å². The molecule has 0 aromatic heterocycles. The Labute approximate surface area is 113 Å². The molecule has 2 N–H and O–H groups in total. The molecule has 0 saturated heterocycles. The second kappa shape index (κ2) is 4.96. The van der Waals surface area contributed by atoms with Crippen LogP contribution in [0.4, 0.5) is 5.69 Å². The van der Waals surface area contributed by atoms with Gasteiger partial charge < -0.3 is 5.73 Å². The fraction of sp³-hybridized carbons (Fsp3) is 0.300. The normalized spacial score (nSPS) is 15.2. The first kappa shape index (κ1) is 14.5. The molecule has 0 fully saturated rings. The molecule has 94 valence electrons. The summed E-state index contributed by atoms with van der Waals surface area (Å²) >= 11 is 8.58. The summed E-state index contributed by atoms with van der Waals surface area (Å²) in [6.45, 7) is 1.42. The fourth-order valence-corrected chi connectivity index (χ4v) is 3.29. The summed E-state index contributed by atoms with van der Waals surface area (Å²) in [5.41, 5.74) is 6.03. The van der Waals surface area contributed by atoms with E-state index in [2.05, 4.69) is 15.9 Å². The van der Waals surface area contributed by atoms with Crippen molar-refractivity contribution in [1.29, 1.82) is 0 Å². The maximum absolute atomic E-state index is 12.0. The van der Waals surface area contributed by atoms with Crippen molar-refractivity contribution in [2.45, 2.75) is 10.0 Å². The quantitative estimate of drug-likeness (QED) is 0.518. The Hall–Kier alpha value is -0.590. The van der Waals surface area contributed by atoms with Crippen LogP contribution in [-0.4, -0.2) is 23.1 Å². The first-order valence-electron chi connectivity index (χ1n) is 4.73. The van der Waals surface area contributed by atoms with E-state index in [0.29, 0.717) is 5.69 Å². The lowest BCUT2D eigenvalue weighted by molar-refractivity contribution is 0.1000. The van der Waals surface area contributed by atoms with Gasteiger partial charge in [0, 0.05) is 11.3 Å². The van der Waals surface area contributed by atoms with E-state index in [9.17, 15) is 13.2 Å². The second-order valence-corrected chi connectivity index (χ2v) is 8.76. The van der Waals surface area contributed by atoms with E-state index in [1.807, 2.05) is 0 Å². The molecule has 4 nitrogen and oxygen atoms in total. The number of rotatable bonds is 4. The molecule has 0 aliphatic carbocycles. The van der Waals surface area contributed by atoms with Gasteiger partial charge in [-0.1, -0.05) is 30.7 Å². The van der Waals surface area contributed by atoms with Crippen LogP contribution in [0, 0.1) is 0 Å². The Balaban J connectivity index is 3.23. The first-order chi connectivity index (χ1) is 7.72. The van der Waals surface area contributed by atoms with Crippen LogP contribution in [0.15, 0.2) is 24.3 Å². The predicted molar refractivity (Wildman–Crippen MR) is 72.2 cm³/mol. The first-order valence-corrected chi connectivity index (χ1v) is 7.55. The van der Waals surface area contributed by atoms with E-state index < -0.39 is 18.7 Å². The van der Waals surface area contributed by atoms with Gasteiger partial charge in [0.1, 0.15) is 0 Å². The Kier molecular flexibility index (Phi) is 4.22. The van der Waals surface area contributed by atoms with Gasteiger partial charge in [-0.3, -0.25) is 4.79 Å². The number of carbonyl (C=O) groups excluding carboxylic acids is 1. The molecule has 0 aliphatic heterocycles. The van der Waals surface area contributed by atoms with Gasteiger partial charge in [0.15, 0.2) is 9.84 Å². The highest BCUT2D eigenvalue weighted by atomic mass is 79.9. The zero-order valence-corrected chi connectivity index (χ0v) is 12.1. The molecule has 7 heteroatoms. The van der Waals surface area contributed by atoms with Crippen molar-refractivity contribution >= 4 is 48.8 Å². The van der Waals surface area contributed by atoms with E-state index in [0.717, 1.165) is 0 Å². The van der Waals surface area contributed by atoms with Crippen molar-refractivity contribution in [3.05, 3.63) is 29.8 Å². The number of nitrogens with two attached hydrogens (primary N) is 1. The van der Waals surface area contributed by atoms with Gasteiger partial charge in [-0.15, -0.1) is 0 Å². The minimum atomic E-state index is -3.77. The lowest BCUT2D eigenvalue weighted by atomic mass is 10.1. The van der Waals surface area contributed by atoms with Crippen molar-refractivity contribution in [3.63, 3.8) is 0 Å². The van der Waals surface area contributed by atoms with Gasteiger partial charge in [-0.25, -0.2) is 8.42 Å². The van der Waals surface area contributed by atoms with Gasteiger partial charge in [0.05, 0.1) is 5.75 Å². The molecule has 0 amide bonds. The molecule has 0 radical (unpaired) electrons. The Morgan fingerprint density at radius 2 is 2.12 bits per heavy atom. The average molecular weight is 341 g/mol. The number of carbonyl (C=O) groups is 1. The molecule has 0 aliphatic rings. The van der Waals surface area contributed by atoms with Crippen LogP contribution < -0.4 is 5.73 Å². The van der Waals surface area contributed by atoms with Crippen LogP contribution in [-0.2, 0) is 9.84 Å². The van der Waals surface area contributed by atoms with Crippen molar-refractivity contribution in [1.82, 2.24) is 0 Å². The number of halogens is 2. The smallest absolute Gasteiger partial charge is 0.261 e. The third-order valence-electron chi connectivity index (χ3n) is 2.18. The highest BCUT2D eigenvalue weighted by molar-refractivity contribution is 9.12. The summed E-state index contributed by atoms with van der Waals surface area (Å²) in [4.78, 5) is 12.0. The highest BCUT2D eigenvalue weighted by Crippen LogP contribution is 2.35. The number of anilines is 1. The fourth-order valence-electron chi connectivity index (χ4n) is 1.17. The van der Waals surface area contributed by atoms with Crippen molar-refractivity contribution in [3.8, 4) is 0 Å². The number of nitrogen functional groups attached to an aromatic ring is 1. The van der Waals surface area contributed by atoms with E-state index in [1.165, 1.54) is 19.1 Å². The number of alkyl halides is 2. The van der Waals surface area contributed by atoms with Crippen LogP contribution in [0.2, 0.25) is 0 Å². The molecular formula is C10H11BrClNO3S. The molecule has 1 atom stereocenters. The number of ketones is 1. The average Bonchev–Trinajstić information content (AvgIpc) is 2.27. The SMILES string of the molecule is CCS(=O)(=O)[C@@](Cl)(Br)C(=O)c1cccc(N)c1. The number of hydrogen-bond acceptors (Lipinski definition) is 4. The van der Waals surface area contributed by atoms with Crippen LogP contribution in [0.25, 0.3) is 0 Å². The predicted octanol–water partition coefficient (Wildman–Crippen LogP) is 2.17. The topological polar surface area (TPSA) is 77.2 Å². The zero-order valence-electron chi connectivity index (χ0n) is 8.98. The van der Waals surface area contributed by atoms with Crippen LogP contribution in [0.5, 0.6) is 0 Å². The molecule has 0 unspecified atom stereocenters. The summed E-state index contributed by atoms with van der Waals surface area (Å²) in [6.07, 6.45) is 0. The van der Waals surface area contributed by atoms with Gasteiger partial charge in [-0.2, -0.15) is 0 Å². The largest absolute Gasteiger partial charge is 0.399 e. The molecule has 0 spiro atoms. The minimum Gasteiger partial charge on any atom is -0.399 e. The van der Waals surface area contributed by atoms with Crippen LogP contribution in [0.3, 0.4) is 0 Å². The van der Waals surface area contributed by atoms with E-state index in [1.54, 1.807) is 12.1 Å². The molecule has 17 heavy (non-hydrogen) atoms. The number of Topliss-reactive ketones (excluding diaryl/α,β-unsaturated/α-hetero) is 1. The van der Waals surface area contributed by atoms with Gasteiger partial charge in [-0.05, 0) is 28.1 Å². The van der Waals surface area contributed by atoms with Gasteiger partial charge >= 0.3 is 0 Å². The summed E-state index contributed by atoms with van der Waals surface area (Å²) < 4.78 is 21.2. The number of sulfone groups is 1. The standard InChI is InChI=1S/C10H11BrClNO3S/c1-2-17(15,16)10(11,12)9(14)7-4-3-5-8(13)6-7/h3-6H,2,13H2,1H3/t10-/m1/s1. The molecule has 1 aromatic rings. The van der Waals surface area contributed by atoms with Gasteiger partial charge in [0.25, 0.3) is 3.12 Å². The summed E-state index contributed by atoms with van der Waals surface area (Å²) in [7, 11) is -3.77. The number of benzene rings is 1. The molecule has 1 rings (SSSR count). The summed E-state index contributed by atoms with van der Waals surface area (Å²) in [5, 5.41) is 0. The maximum Gasteiger partial charge on any atom is 0.261 e. The maximum atomic E-state index is 12.0. The summed E-state index contributed by atoms with van der Waals surface area (Å²) in [6, 6.07) is 5.99.